The van der Waals surface area contributed by atoms with Crippen molar-refractivity contribution in [3.63, 3.8) is 0 Å². The van der Waals surface area contributed by atoms with Gasteiger partial charge in [0.1, 0.15) is 24.2 Å². The van der Waals surface area contributed by atoms with Crippen molar-refractivity contribution in [3.05, 3.63) is 59.9 Å². The van der Waals surface area contributed by atoms with Crippen LogP contribution in [0.4, 0.5) is 10.1 Å². The van der Waals surface area contributed by atoms with Crippen molar-refractivity contribution in [1.82, 2.24) is 14.5 Å². The summed E-state index contributed by atoms with van der Waals surface area (Å²) in [5.74, 6) is -1.16. The van der Waals surface area contributed by atoms with Gasteiger partial charge < -0.3 is 15.0 Å². The van der Waals surface area contributed by atoms with Crippen molar-refractivity contribution >= 4 is 27.7 Å². The Balaban J connectivity index is 2.50. The van der Waals surface area contributed by atoms with Crippen molar-refractivity contribution in [2.45, 2.75) is 32.9 Å². The molecule has 0 unspecified atom stereocenters. The van der Waals surface area contributed by atoms with Crippen LogP contribution < -0.4 is 14.4 Å². The maximum Gasteiger partial charge on any atom is 0.304 e. The van der Waals surface area contributed by atoms with E-state index in [1.165, 1.54) is 44.3 Å². The Bertz CT molecular complexity index is 1110. The maximum atomic E-state index is 14.6. The molecule has 2 aromatic carbocycles. The summed E-state index contributed by atoms with van der Waals surface area (Å²) in [5.41, 5.74) is 0.458. The van der Waals surface area contributed by atoms with Gasteiger partial charge >= 0.3 is 10.2 Å². The van der Waals surface area contributed by atoms with E-state index < -0.39 is 34.5 Å². The molecule has 192 valence electrons. The smallest absolute Gasteiger partial charge is 0.304 e. The number of methoxy groups -OCH3 is 1. The van der Waals surface area contributed by atoms with E-state index in [9.17, 15) is 22.4 Å². The molecule has 0 saturated carbocycles. The third kappa shape index (κ3) is 6.92. The van der Waals surface area contributed by atoms with Crippen molar-refractivity contribution in [1.29, 1.82) is 0 Å². The van der Waals surface area contributed by atoms with Gasteiger partial charge in [-0.3, -0.25) is 9.59 Å². The topological polar surface area (TPSA) is 99.3 Å². The Morgan fingerprint density at radius 2 is 1.69 bits per heavy atom. The number of rotatable bonds is 12. The number of carbonyl (C=O) groups excluding carboxylic acids is 2. The molecule has 2 aromatic rings. The van der Waals surface area contributed by atoms with Gasteiger partial charge in [0.25, 0.3) is 0 Å². The number of nitrogens with zero attached hydrogens (tertiary/aromatic N) is 3. The van der Waals surface area contributed by atoms with Crippen LogP contribution in [0.3, 0.4) is 0 Å². The summed E-state index contributed by atoms with van der Waals surface area (Å²) in [5, 5.41) is 2.73. The van der Waals surface area contributed by atoms with Crippen LogP contribution in [0.1, 0.15) is 25.8 Å². The van der Waals surface area contributed by atoms with Crippen LogP contribution in [-0.4, -0.2) is 69.8 Å². The Labute approximate surface area is 206 Å². The third-order valence-electron chi connectivity index (χ3n) is 5.39. The summed E-state index contributed by atoms with van der Waals surface area (Å²) in [6.07, 6.45) is 0.299. The minimum Gasteiger partial charge on any atom is -0.497 e. The molecule has 0 aromatic heterocycles. The molecule has 1 atom stereocenters. The number of benzene rings is 2. The molecule has 9 nitrogen and oxygen atoms in total. The van der Waals surface area contributed by atoms with E-state index in [0.29, 0.717) is 18.7 Å². The molecule has 35 heavy (non-hydrogen) atoms. The Kier molecular flexibility index (Phi) is 10.0. The molecule has 0 fully saturated rings. The van der Waals surface area contributed by atoms with Crippen LogP contribution in [0.2, 0.25) is 0 Å². The first kappa shape index (κ1) is 28.1. The largest absolute Gasteiger partial charge is 0.497 e. The van der Waals surface area contributed by atoms with Gasteiger partial charge in [-0.15, -0.1) is 0 Å². The van der Waals surface area contributed by atoms with Crippen LogP contribution in [-0.2, 0) is 26.3 Å². The van der Waals surface area contributed by atoms with Crippen LogP contribution in [0.25, 0.3) is 0 Å². The fraction of sp³-hybridized carbons (Fsp3) is 0.417. The number of halogens is 1. The summed E-state index contributed by atoms with van der Waals surface area (Å²) in [6.45, 7) is 3.26. The van der Waals surface area contributed by atoms with Crippen LogP contribution in [0.15, 0.2) is 48.5 Å². The Morgan fingerprint density at radius 3 is 2.20 bits per heavy atom. The highest BCUT2D eigenvalue weighted by Gasteiger charge is 2.34. The first-order valence-electron chi connectivity index (χ1n) is 11.2. The average Bonchev–Trinajstić information content (AvgIpc) is 2.83. The van der Waals surface area contributed by atoms with Gasteiger partial charge in [-0.1, -0.05) is 31.2 Å². The predicted molar refractivity (Wildman–Crippen MR) is 133 cm³/mol. The fourth-order valence-electron chi connectivity index (χ4n) is 3.50. The zero-order chi connectivity index (χ0) is 26.2. The minimum absolute atomic E-state index is 0.0472. The molecule has 0 saturated heterocycles. The normalized spacial score (nSPS) is 12.2. The number of hydrogen-bond donors (Lipinski definition) is 1. The van der Waals surface area contributed by atoms with Gasteiger partial charge in [0.2, 0.25) is 11.8 Å². The van der Waals surface area contributed by atoms with Gasteiger partial charge in [-0.25, -0.2) is 8.70 Å². The highest BCUT2D eigenvalue weighted by Crippen LogP contribution is 2.24. The molecule has 0 aliphatic heterocycles. The van der Waals surface area contributed by atoms with Crippen molar-refractivity contribution in [3.8, 4) is 5.75 Å². The zero-order valence-electron chi connectivity index (χ0n) is 20.7. The first-order valence-corrected chi connectivity index (χ1v) is 12.6. The quantitative estimate of drug-likeness (QED) is 0.475. The molecular weight excluding hydrogens is 475 g/mol. The standard InChI is InChI=1S/C24H33FN4O5S/c1-6-21(24(31)26-7-2)28(16-18-12-14-19(34-5)15-13-18)23(30)17-29(35(32,33)27(3)4)22-11-9-8-10-20(22)25/h8-15,21H,6-7,16-17H2,1-5H3,(H,26,31)/t21-/m1/s1. The van der Waals surface area contributed by atoms with Gasteiger partial charge in [0.15, 0.2) is 0 Å². The first-order chi connectivity index (χ1) is 16.6. The van der Waals surface area contributed by atoms with Crippen LogP contribution in [0, 0.1) is 5.82 Å². The lowest BCUT2D eigenvalue weighted by molar-refractivity contribution is -0.140. The molecule has 1 N–H and O–H groups in total. The molecule has 0 bridgehead atoms. The average molecular weight is 509 g/mol. The lowest BCUT2D eigenvalue weighted by atomic mass is 10.1. The molecule has 0 spiro atoms. The molecule has 0 heterocycles. The van der Waals surface area contributed by atoms with Crippen molar-refractivity contribution < 1.29 is 27.1 Å². The molecular formula is C24H33FN4O5S. The van der Waals surface area contributed by atoms with Crippen LogP contribution in [0.5, 0.6) is 5.75 Å². The fourth-order valence-corrected chi connectivity index (χ4v) is 4.56. The van der Waals surface area contributed by atoms with E-state index in [0.717, 1.165) is 20.2 Å². The molecule has 2 amide bonds. The van der Waals surface area contributed by atoms with Gasteiger partial charge in [0.05, 0.1) is 12.8 Å². The predicted octanol–water partition coefficient (Wildman–Crippen LogP) is 2.39. The second-order valence-electron chi connectivity index (χ2n) is 7.94. The Morgan fingerprint density at radius 1 is 1.06 bits per heavy atom. The molecule has 0 radical (unpaired) electrons. The maximum absolute atomic E-state index is 14.6. The van der Waals surface area contributed by atoms with E-state index in [-0.39, 0.29) is 18.1 Å². The monoisotopic (exact) mass is 508 g/mol. The molecule has 0 aliphatic carbocycles. The summed E-state index contributed by atoms with van der Waals surface area (Å²) < 4.78 is 47.6. The summed E-state index contributed by atoms with van der Waals surface area (Å²) in [4.78, 5) is 27.7. The summed E-state index contributed by atoms with van der Waals surface area (Å²) >= 11 is 0. The van der Waals surface area contributed by atoms with E-state index in [4.69, 9.17) is 4.74 Å². The second-order valence-corrected chi connectivity index (χ2v) is 10.0. The second kappa shape index (κ2) is 12.5. The number of para-hydroxylation sites is 1. The number of nitrogens with one attached hydrogen (secondary N) is 1. The van der Waals surface area contributed by atoms with E-state index in [1.807, 2.05) is 0 Å². The SMILES string of the molecule is CCNC(=O)[C@@H](CC)N(Cc1ccc(OC)cc1)C(=O)CN(c1ccccc1F)S(=O)(=O)N(C)C. The summed E-state index contributed by atoms with van der Waals surface area (Å²) in [6, 6.07) is 11.5. The highest BCUT2D eigenvalue weighted by atomic mass is 32.2. The van der Waals surface area contributed by atoms with Crippen LogP contribution >= 0.6 is 0 Å². The van der Waals surface area contributed by atoms with E-state index in [1.54, 1.807) is 38.1 Å². The van der Waals surface area contributed by atoms with Crippen molar-refractivity contribution in [2.75, 3.05) is 38.6 Å². The zero-order valence-corrected chi connectivity index (χ0v) is 21.5. The van der Waals surface area contributed by atoms with Gasteiger partial charge in [-0.2, -0.15) is 12.7 Å². The van der Waals surface area contributed by atoms with Gasteiger partial charge in [0, 0.05) is 27.2 Å². The minimum atomic E-state index is -4.23. The molecule has 0 aliphatic rings. The lowest BCUT2D eigenvalue weighted by Crippen LogP contribution is -2.53. The van der Waals surface area contributed by atoms with E-state index in [2.05, 4.69) is 5.32 Å². The number of hydrogen-bond acceptors (Lipinski definition) is 5. The highest BCUT2D eigenvalue weighted by molar-refractivity contribution is 7.90. The molecule has 2 rings (SSSR count). The number of likely N-dealkylation sites (N-methyl/N-ethyl adjacent to an activating group) is 1. The van der Waals surface area contributed by atoms with E-state index >= 15 is 0 Å². The van der Waals surface area contributed by atoms with Crippen molar-refractivity contribution in [2.24, 2.45) is 0 Å². The van der Waals surface area contributed by atoms with Gasteiger partial charge in [-0.05, 0) is 43.2 Å². The number of carbonyl (C=O) groups is 2. The lowest BCUT2D eigenvalue weighted by Gasteiger charge is -2.34. The summed E-state index contributed by atoms with van der Waals surface area (Å²) in [7, 11) is -0.0927. The number of amides is 2. The number of anilines is 1. The molecule has 11 heteroatoms. The third-order valence-corrected chi connectivity index (χ3v) is 7.19. The number of ether oxygens (including phenoxy) is 1. The Hall–Kier alpha value is -3.18.